The summed E-state index contributed by atoms with van der Waals surface area (Å²) in [5, 5.41) is 14.0. The summed E-state index contributed by atoms with van der Waals surface area (Å²) in [6.45, 7) is 0.185. The molecule has 0 heterocycles. The van der Waals surface area contributed by atoms with Crippen LogP contribution in [0.25, 0.3) is 0 Å². The molecule has 2 aromatic rings. The molecule has 1 aliphatic rings. The van der Waals surface area contributed by atoms with E-state index in [1.54, 1.807) is 25.3 Å². The van der Waals surface area contributed by atoms with Gasteiger partial charge in [-0.3, -0.25) is 4.79 Å². The van der Waals surface area contributed by atoms with Crippen molar-refractivity contribution in [3.05, 3.63) is 64.1 Å². The van der Waals surface area contributed by atoms with Gasteiger partial charge in [0.1, 0.15) is 11.4 Å². The fraction of sp³-hybridized carbons (Fsp3) is 0.316. The molecule has 2 N–H and O–H groups in total. The molecule has 5 heteroatoms. The molecular weight excluding hydrogens is 370 g/mol. The molecule has 4 nitrogen and oxygen atoms in total. The Morgan fingerprint density at radius 2 is 2.00 bits per heavy atom. The molecule has 24 heavy (non-hydrogen) atoms. The lowest BCUT2D eigenvalue weighted by molar-refractivity contribution is 0.0135. The number of methoxy groups -OCH3 is 1. The molecule has 1 unspecified atom stereocenters. The van der Waals surface area contributed by atoms with Crippen LogP contribution in [0.5, 0.6) is 5.75 Å². The second-order valence-electron chi connectivity index (χ2n) is 6.09. The highest BCUT2D eigenvalue weighted by molar-refractivity contribution is 9.10. The van der Waals surface area contributed by atoms with E-state index in [2.05, 4.69) is 21.2 Å². The minimum atomic E-state index is -1.03. The van der Waals surface area contributed by atoms with E-state index in [9.17, 15) is 9.90 Å². The average Bonchev–Trinajstić information content (AvgIpc) is 3.46. The summed E-state index contributed by atoms with van der Waals surface area (Å²) < 4.78 is 5.86. The molecule has 1 aliphatic carbocycles. The van der Waals surface area contributed by atoms with Crippen molar-refractivity contribution >= 4 is 21.8 Å². The predicted octanol–water partition coefficient (Wildman–Crippen LogP) is 3.49. The Morgan fingerprint density at radius 3 is 2.62 bits per heavy atom. The molecule has 0 aliphatic heterocycles. The van der Waals surface area contributed by atoms with E-state index in [-0.39, 0.29) is 18.4 Å². The summed E-state index contributed by atoms with van der Waals surface area (Å²) in [6, 6.07) is 14.8. The van der Waals surface area contributed by atoms with Crippen molar-refractivity contribution in [1.82, 2.24) is 5.32 Å². The number of halogens is 1. The number of hydrogen-bond donors (Lipinski definition) is 2. The number of hydrogen-bond acceptors (Lipinski definition) is 3. The molecule has 1 amide bonds. The summed E-state index contributed by atoms with van der Waals surface area (Å²) in [5.74, 6) is 0.564. The average molecular weight is 390 g/mol. The number of nitrogens with one attached hydrogen (secondary N) is 1. The van der Waals surface area contributed by atoms with Gasteiger partial charge in [-0.1, -0.05) is 30.3 Å². The van der Waals surface area contributed by atoms with Gasteiger partial charge in [-0.2, -0.15) is 0 Å². The molecular formula is C19H20BrNO3. The largest absolute Gasteiger partial charge is 0.497 e. The van der Waals surface area contributed by atoms with Gasteiger partial charge in [-0.05, 0) is 58.5 Å². The topological polar surface area (TPSA) is 58.6 Å². The Labute approximate surface area is 150 Å². The Balaban J connectivity index is 1.77. The summed E-state index contributed by atoms with van der Waals surface area (Å²) in [6.07, 6.45) is 1.95. The highest BCUT2D eigenvalue weighted by Crippen LogP contribution is 2.45. The fourth-order valence-corrected chi connectivity index (χ4v) is 3.31. The SMILES string of the molecule is COc1ccc(Br)c(C(=O)NCC(O)(c2ccccc2)C2CC2)c1. The van der Waals surface area contributed by atoms with Crippen LogP contribution >= 0.6 is 15.9 Å². The first kappa shape index (κ1) is 17.0. The third kappa shape index (κ3) is 3.47. The summed E-state index contributed by atoms with van der Waals surface area (Å²) in [7, 11) is 1.56. The third-order valence-electron chi connectivity index (χ3n) is 4.46. The highest BCUT2D eigenvalue weighted by Gasteiger charge is 2.45. The van der Waals surface area contributed by atoms with Crippen LogP contribution in [0.1, 0.15) is 28.8 Å². The number of amides is 1. The van der Waals surface area contributed by atoms with Gasteiger partial charge >= 0.3 is 0 Å². The normalized spacial score (nSPS) is 16.3. The second kappa shape index (κ2) is 6.95. The van der Waals surface area contributed by atoms with Gasteiger partial charge in [0, 0.05) is 4.47 Å². The van der Waals surface area contributed by atoms with Gasteiger partial charge < -0.3 is 15.2 Å². The lowest BCUT2D eigenvalue weighted by Gasteiger charge is -2.29. The molecule has 1 atom stereocenters. The third-order valence-corrected chi connectivity index (χ3v) is 5.15. The maximum Gasteiger partial charge on any atom is 0.252 e. The molecule has 2 aromatic carbocycles. The van der Waals surface area contributed by atoms with Crippen molar-refractivity contribution in [3.63, 3.8) is 0 Å². The van der Waals surface area contributed by atoms with Crippen LogP contribution in [-0.4, -0.2) is 24.7 Å². The van der Waals surface area contributed by atoms with Gasteiger partial charge in [-0.25, -0.2) is 0 Å². The Morgan fingerprint density at radius 1 is 1.29 bits per heavy atom. The minimum Gasteiger partial charge on any atom is -0.497 e. The number of ether oxygens (including phenoxy) is 1. The number of carbonyl (C=O) groups is 1. The molecule has 1 saturated carbocycles. The fourth-order valence-electron chi connectivity index (χ4n) is 2.89. The van der Waals surface area contributed by atoms with Crippen molar-refractivity contribution in [2.45, 2.75) is 18.4 Å². The van der Waals surface area contributed by atoms with Crippen LogP contribution < -0.4 is 10.1 Å². The number of rotatable bonds is 6. The van der Waals surface area contributed by atoms with Crippen molar-refractivity contribution in [2.75, 3.05) is 13.7 Å². The maximum atomic E-state index is 12.5. The quantitative estimate of drug-likeness (QED) is 0.794. The van der Waals surface area contributed by atoms with Crippen molar-refractivity contribution in [1.29, 1.82) is 0 Å². The lowest BCUT2D eigenvalue weighted by atomic mass is 9.88. The van der Waals surface area contributed by atoms with E-state index >= 15 is 0 Å². The smallest absolute Gasteiger partial charge is 0.252 e. The molecule has 3 rings (SSSR count). The van der Waals surface area contributed by atoms with Crippen molar-refractivity contribution < 1.29 is 14.6 Å². The molecule has 0 bridgehead atoms. The minimum absolute atomic E-state index is 0.185. The van der Waals surface area contributed by atoms with E-state index in [1.807, 2.05) is 30.3 Å². The van der Waals surface area contributed by atoms with E-state index in [0.29, 0.717) is 15.8 Å². The Hall–Kier alpha value is -1.85. The van der Waals surface area contributed by atoms with Crippen LogP contribution in [0, 0.1) is 5.92 Å². The van der Waals surface area contributed by atoms with E-state index in [1.165, 1.54) is 0 Å². The van der Waals surface area contributed by atoms with Gasteiger partial charge in [0.05, 0.1) is 19.2 Å². The van der Waals surface area contributed by atoms with E-state index in [0.717, 1.165) is 18.4 Å². The summed E-state index contributed by atoms with van der Waals surface area (Å²) in [5.41, 5.74) is 0.306. The summed E-state index contributed by atoms with van der Waals surface area (Å²) in [4.78, 5) is 12.5. The molecule has 0 saturated heterocycles. The first-order chi connectivity index (χ1) is 11.5. The second-order valence-corrected chi connectivity index (χ2v) is 6.95. The molecule has 1 fully saturated rings. The van der Waals surface area contributed by atoms with Crippen LogP contribution in [-0.2, 0) is 5.60 Å². The Kier molecular flexibility index (Phi) is 4.92. The van der Waals surface area contributed by atoms with Crippen molar-refractivity contribution in [2.24, 2.45) is 5.92 Å². The first-order valence-corrected chi connectivity index (χ1v) is 8.73. The van der Waals surface area contributed by atoms with Crippen LogP contribution in [0.2, 0.25) is 0 Å². The number of aliphatic hydroxyl groups is 1. The van der Waals surface area contributed by atoms with Crippen molar-refractivity contribution in [3.8, 4) is 5.75 Å². The van der Waals surface area contributed by atoms with E-state index in [4.69, 9.17) is 4.74 Å². The van der Waals surface area contributed by atoms with Crippen LogP contribution in [0.15, 0.2) is 53.0 Å². The Bertz CT molecular complexity index is 731. The highest BCUT2D eigenvalue weighted by atomic mass is 79.9. The van der Waals surface area contributed by atoms with Gasteiger partial charge in [0.15, 0.2) is 0 Å². The lowest BCUT2D eigenvalue weighted by Crippen LogP contribution is -2.42. The number of carbonyl (C=O) groups excluding carboxylic acids is 1. The number of benzene rings is 2. The molecule has 126 valence electrons. The molecule has 0 radical (unpaired) electrons. The zero-order valence-corrected chi connectivity index (χ0v) is 15.0. The standard InChI is InChI=1S/C19H20BrNO3/c1-24-15-9-10-17(20)16(11-15)18(22)21-12-19(23,14-7-8-14)13-5-3-2-4-6-13/h2-6,9-11,14,23H,7-8,12H2,1H3,(H,21,22). The van der Waals surface area contributed by atoms with Crippen LogP contribution in [0.3, 0.4) is 0 Å². The van der Waals surface area contributed by atoms with Gasteiger partial charge in [-0.15, -0.1) is 0 Å². The van der Waals surface area contributed by atoms with Gasteiger partial charge in [0.2, 0.25) is 0 Å². The van der Waals surface area contributed by atoms with Crippen LogP contribution in [0.4, 0.5) is 0 Å². The summed E-state index contributed by atoms with van der Waals surface area (Å²) >= 11 is 3.39. The first-order valence-electron chi connectivity index (χ1n) is 7.94. The predicted molar refractivity (Wildman–Crippen MR) is 96.1 cm³/mol. The zero-order valence-electron chi connectivity index (χ0n) is 13.5. The molecule has 0 spiro atoms. The zero-order chi connectivity index (χ0) is 17.2. The maximum absolute atomic E-state index is 12.5. The molecule has 0 aromatic heterocycles. The van der Waals surface area contributed by atoms with E-state index < -0.39 is 5.60 Å². The monoisotopic (exact) mass is 389 g/mol. The van der Waals surface area contributed by atoms with Gasteiger partial charge in [0.25, 0.3) is 5.91 Å².